The van der Waals surface area contributed by atoms with E-state index in [1.165, 1.54) is 4.88 Å². The van der Waals surface area contributed by atoms with Gasteiger partial charge in [0, 0.05) is 15.6 Å². The third kappa shape index (κ3) is 3.70. The SMILES string of the molecule is CCC(C)(C)[C@H]1CCc2c(sc(N)c2C(=O)Nc2ccc(Cl)cc2)C1. The van der Waals surface area contributed by atoms with Crippen molar-refractivity contribution in [3.63, 3.8) is 0 Å². The van der Waals surface area contributed by atoms with Gasteiger partial charge in [-0.25, -0.2) is 0 Å². The Morgan fingerprint density at radius 2 is 2.04 bits per heavy atom. The molecule has 0 spiro atoms. The molecule has 0 unspecified atom stereocenters. The van der Waals surface area contributed by atoms with Crippen LogP contribution in [0, 0.1) is 11.3 Å². The third-order valence-corrected chi connectivity index (χ3v) is 6.97. The standard InChI is InChI=1S/C20H25ClN2OS/c1-4-20(2,3)12-5-10-15-16(11-12)25-18(22)17(15)19(24)23-14-8-6-13(21)7-9-14/h6-9,12H,4-5,10-11,22H2,1-3H3,(H,23,24)/t12-/m0/s1. The van der Waals surface area contributed by atoms with Gasteiger partial charge in [-0.3, -0.25) is 4.79 Å². The summed E-state index contributed by atoms with van der Waals surface area (Å²) in [6, 6.07) is 7.13. The molecule has 0 saturated heterocycles. The van der Waals surface area contributed by atoms with Crippen LogP contribution in [0.15, 0.2) is 24.3 Å². The zero-order valence-electron chi connectivity index (χ0n) is 15.0. The number of carbonyl (C=O) groups is 1. The fourth-order valence-electron chi connectivity index (χ4n) is 3.54. The lowest BCUT2D eigenvalue weighted by molar-refractivity contribution is 0.102. The molecule has 1 aliphatic rings. The Morgan fingerprint density at radius 3 is 2.68 bits per heavy atom. The van der Waals surface area contributed by atoms with E-state index in [-0.39, 0.29) is 5.91 Å². The van der Waals surface area contributed by atoms with Crippen LogP contribution >= 0.6 is 22.9 Å². The number of rotatable bonds is 4. The molecule has 1 heterocycles. The summed E-state index contributed by atoms with van der Waals surface area (Å²) in [5.74, 6) is 0.528. The molecule has 1 atom stereocenters. The number of anilines is 2. The summed E-state index contributed by atoms with van der Waals surface area (Å²) in [5, 5.41) is 4.22. The van der Waals surface area contributed by atoms with Gasteiger partial charge in [0.1, 0.15) is 0 Å². The predicted octanol–water partition coefficient (Wildman–Crippen LogP) is 5.78. The monoisotopic (exact) mass is 376 g/mol. The van der Waals surface area contributed by atoms with Crippen molar-refractivity contribution in [2.45, 2.75) is 46.5 Å². The minimum Gasteiger partial charge on any atom is -0.390 e. The molecular formula is C20H25ClN2OS. The Bertz CT molecular complexity index is 780. The van der Waals surface area contributed by atoms with Gasteiger partial charge in [-0.1, -0.05) is 38.8 Å². The average molecular weight is 377 g/mol. The van der Waals surface area contributed by atoms with Crippen LogP contribution in [0.25, 0.3) is 0 Å². The van der Waals surface area contributed by atoms with E-state index in [0.717, 1.165) is 36.9 Å². The van der Waals surface area contributed by atoms with Gasteiger partial charge in [0.2, 0.25) is 0 Å². The van der Waals surface area contributed by atoms with Gasteiger partial charge in [-0.15, -0.1) is 11.3 Å². The molecule has 5 heteroatoms. The number of halogens is 1. The number of fused-ring (bicyclic) bond motifs is 1. The molecule has 0 aliphatic heterocycles. The molecule has 1 amide bonds. The molecule has 0 bridgehead atoms. The topological polar surface area (TPSA) is 55.1 Å². The van der Waals surface area contributed by atoms with Gasteiger partial charge >= 0.3 is 0 Å². The Balaban J connectivity index is 1.83. The van der Waals surface area contributed by atoms with E-state index in [0.29, 0.717) is 26.9 Å². The molecule has 1 aromatic carbocycles. The summed E-state index contributed by atoms with van der Waals surface area (Å²) in [6.07, 6.45) is 4.24. The van der Waals surface area contributed by atoms with Crippen molar-refractivity contribution in [1.29, 1.82) is 0 Å². The van der Waals surface area contributed by atoms with Crippen molar-refractivity contribution in [2.24, 2.45) is 11.3 Å². The highest BCUT2D eigenvalue weighted by molar-refractivity contribution is 7.16. The van der Waals surface area contributed by atoms with Gasteiger partial charge in [-0.05, 0) is 60.4 Å². The Labute approximate surface area is 158 Å². The molecule has 3 nitrogen and oxygen atoms in total. The summed E-state index contributed by atoms with van der Waals surface area (Å²) < 4.78 is 0. The van der Waals surface area contributed by atoms with Crippen LogP contribution in [0.5, 0.6) is 0 Å². The van der Waals surface area contributed by atoms with Crippen LogP contribution in [0.1, 0.15) is 54.4 Å². The second-order valence-electron chi connectivity index (χ2n) is 7.49. The van der Waals surface area contributed by atoms with Gasteiger partial charge in [-0.2, -0.15) is 0 Å². The molecule has 0 fully saturated rings. The van der Waals surface area contributed by atoms with E-state index in [1.54, 1.807) is 35.6 Å². The first kappa shape index (κ1) is 18.3. The number of thiophene rings is 1. The highest BCUT2D eigenvalue weighted by Crippen LogP contribution is 2.44. The number of nitrogens with two attached hydrogens (primary N) is 1. The van der Waals surface area contributed by atoms with Crippen LogP contribution in [0.4, 0.5) is 10.7 Å². The lowest BCUT2D eigenvalue weighted by atomic mass is 9.69. The highest BCUT2D eigenvalue weighted by atomic mass is 35.5. The van der Waals surface area contributed by atoms with Crippen molar-refractivity contribution in [3.05, 3.63) is 45.3 Å². The molecule has 25 heavy (non-hydrogen) atoms. The number of nitrogens with one attached hydrogen (secondary N) is 1. The molecule has 3 rings (SSSR count). The fraction of sp³-hybridized carbons (Fsp3) is 0.450. The molecule has 2 aromatic rings. The minimum atomic E-state index is -0.120. The maximum absolute atomic E-state index is 12.8. The van der Waals surface area contributed by atoms with E-state index >= 15 is 0 Å². The minimum absolute atomic E-state index is 0.120. The average Bonchev–Trinajstić information content (AvgIpc) is 2.91. The number of amides is 1. The summed E-state index contributed by atoms with van der Waals surface area (Å²) in [6.45, 7) is 6.94. The summed E-state index contributed by atoms with van der Waals surface area (Å²) in [4.78, 5) is 14.1. The van der Waals surface area contributed by atoms with E-state index in [9.17, 15) is 4.79 Å². The molecule has 1 aromatic heterocycles. The number of hydrogen-bond acceptors (Lipinski definition) is 3. The Morgan fingerprint density at radius 1 is 1.36 bits per heavy atom. The number of carbonyl (C=O) groups excluding carboxylic acids is 1. The van der Waals surface area contributed by atoms with Crippen molar-refractivity contribution < 1.29 is 4.79 Å². The van der Waals surface area contributed by atoms with Crippen LogP contribution in [0.2, 0.25) is 5.02 Å². The van der Waals surface area contributed by atoms with Gasteiger partial charge in [0.15, 0.2) is 0 Å². The molecule has 134 valence electrons. The van der Waals surface area contributed by atoms with E-state index in [2.05, 4.69) is 26.1 Å². The van der Waals surface area contributed by atoms with Gasteiger partial charge in [0.25, 0.3) is 5.91 Å². The second-order valence-corrected chi connectivity index (χ2v) is 9.06. The zero-order valence-corrected chi connectivity index (χ0v) is 16.6. The maximum atomic E-state index is 12.8. The van der Waals surface area contributed by atoms with Crippen LogP contribution < -0.4 is 11.1 Å². The van der Waals surface area contributed by atoms with Crippen molar-refractivity contribution in [2.75, 3.05) is 11.1 Å². The summed E-state index contributed by atoms with van der Waals surface area (Å²) in [7, 11) is 0. The van der Waals surface area contributed by atoms with Crippen LogP contribution in [0.3, 0.4) is 0 Å². The van der Waals surface area contributed by atoms with E-state index < -0.39 is 0 Å². The molecule has 0 saturated carbocycles. The molecular weight excluding hydrogens is 352 g/mol. The predicted molar refractivity (Wildman–Crippen MR) is 108 cm³/mol. The lowest BCUT2D eigenvalue weighted by Crippen LogP contribution is -2.29. The maximum Gasteiger partial charge on any atom is 0.258 e. The third-order valence-electron chi connectivity index (χ3n) is 5.64. The van der Waals surface area contributed by atoms with Crippen LogP contribution in [-0.4, -0.2) is 5.91 Å². The van der Waals surface area contributed by atoms with Crippen molar-refractivity contribution in [3.8, 4) is 0 Å². The first-order chi connectivity index (χ1) is 11.8. The van der Waals surface area contributed by atoms with Gasteiger partial charge in [0.05, 0.1) is 10.6 Å². The van der Waals surface area contributed by atoms with E-state index in [1.807, 2.05) is 0 Å². The molecule has 0 radical (unpaired) electrons. The first-order valence-electron chi connectivity index (χ1n) is 8.78. The summed E-state index contributed by atoms with van der Waals surface area (Å²) in [5.41, 5.74) is 9.10. The number of benzene rings is 1. The quantitative estimate of drug-likeness (QED) is 0.710. The summed E-state index contributed by atoms with van der Waals surface area (Å²) >= 11 is 7.48. The largest absolute Gasteiger partial charge is 0.390 e. The van der Waals surface area contributed by atoms with Crippen molar-refractivity contribution >= 4 is 39.5 Å². The fourth-order valence-corrected chi connectivity index (χ4v) is 4.86. The number of nitrogen functional groups attached to an aromatic ring is 1. The molecule has 3 N–H and O–H groups in total. The lowest BCUT2D eigenvalue weighted by Gasteiger charge is -2.36. The highest BCUT2D eigenvalue weighted by Gasteiger charge is 2.34. The second kappa shape index (κ2) is 7.00. The normalized spacial score (nSPS) is 17.2. The number of hydrogen-bond donors (Lipinski definition) is 2. The van der Waals surface area contributed by atoms with Crippen molar-refractivity contribution in [1.82, 2.24) is 0 Å². The first-order valence-corrected chi connectivity index (χ1v) is 9.98. The zero-order chi connectivity index (χ0) is 18.2. The smallest absolute Gasteiger partial charge is 0.258 e. The van der Waals surface area contributed by atoms with Gasteiger partial charge < -0.3 is 11.1 Å². The molecule has 1 aliphatic carbocycles. The Hall–Kier alpha value is -1.52. The van der Waals surface area contributed by atoms with Crippen LogP contribution in [-0.2, 0) is 12.8 Å². The Kier molecular flexibility index (Phi) is 5.12. The van der Waals surface area contributed by atoms with E-state index in [4.69, 9.17) is 17.3 Å².